The number of nitrogens with zero attached hydrogens (tertiary/aromatic N) is 4. The first-order valence-electron chi connectivity index (χ1n) is 9.65. The average Bonchev–Trinajstić information content (AvgIpc) is 3.22. The van der Waals surface area contributed by atoms with Crippen molar-refractivity contribution in [2.45, 2.75) is 13.0 Å². The molecule has 0 aliphatic carbocycles. The van der Waals surface area contributed by atoms with Gasteiger partial charge in [0.15, 0.2) is 0 Å². The third kappa shape index (κ3) is 4.56. The number of hydrogen-bond donors (Lipinski definition) is 1. The van der Waals surface area contributed by atoms with Gasteiger partial charge in [-0.15, -0.1) is 0 Å². The van der Waals surface area contributed by atoms with Gasteiger partial charge in [0.05, 0.1) is 30.8 Å². The van der Waals surface area contributed by atoms with Gasteiger partial charge in [-0.1, -0.05) is 30.3 Å². The van der Waals surface area contributed by atoms with Gasteiger partial charge in [-0.3, -0.25) is 9.78 Å². The molecule has 2 aromatic heterocycles. The van der Waals surface area contributed by atoms with Gasteiger partial charge >= 0.3 is 0 Å². The van der Waals surface area contributed by atoms with Crippen molar-refractivity contribution >= 4 is 23.3 Å². The minimum atomic E-state index is -0.368. The molecule has 30 heavy (non-hydrogen) atoms. The van der Waals surface area contributed by atoms with Crippen LogP contribution in [0.2, 0.25) is 0 Å². The summed E-state index contributed by atoms with van der Waals surface area (Å²) in [5.41, 5.74) is 3.37. The van der Waals surface area contributed by atoms with E-state index in [1.165, 1.54) is 6.20 Å². The van der Waals surface area contributed by atoms with Crippen LogP contribution in [0.5, 0.6) is 0 Å². The first kappa shape index (κ1) is 19.8. The molecule has 1 aliphatic rings. The zero-order valence-corrected chi connectivity index (χ0v) is 16.5. The van der Waals surface area contributed by atoms with Gasteiger partial charge < -0.3 is 14.8 Å². The summed E-state index contributed by atoms with van der Waals surface area (Å²) in [6.07, 6.45) is 4.61. The largest absolute Gasteiger partial charge is 0.372 e. The second kappa shape index (κ2) is 9.34. The molecule has 0 bridgehead atoms. The number of amides is 1. The lowest BCUT2D eigenvalue weighted by Crippen LogP contribution is -2.22. The Labute approximate surface area is 174 Å². The molecule has 1 saturated heterocycles. The molecule has 1 amide bonds. The first-order valence-corrected chi connectivity index (χ1v) is 9.65. The molecular weight excluding hydrogens is 382 g/mol. The van der Waals surface area contributed by atoms with Crippen molar-refractivity contribution in [1.29, 1.82) is 0 Å². The molecule has 1 fully saturated rings. The number of nitrogens with one attached hydrogen (secondary N) is 1. The molecule has 1 atom stereocenters. The topological polar surface area (TPSA) is 98.6 Å². The highest BCUT2D eigenvalue weighted by molar-refractivity contribution is 6.05. The Morgan fingerprint density at radius 1 is 1.23 bits per heavy atom. The second-order valence-corrected chi connectivity index (χ2v) is 6.55. The van der Waals surface area contributed by atoms with Crippen LogP contribution in [-0.4, -0.2) is 52.5 Å². The molecular formula is C22H21N5O3. The van der Waals surface area contributed by atoms with E-state index in [0.717, 1.165) is 11.1 Å². The maximum atomic E-state index is 12.8. The Morgan fingerprint density at radius 2 is 2.10 bits per heavy atom. The molecule has 0 spiro atoms. The van der Waals surface area contributed by atoms with E-state index < -0.39 is 0 Å². The SMILES string of the molecule is CCO[C@H]1COCC1=Nc1nccc(C(=O)Nc2cnccc2-c2ccccc2)n1. The second-order valence-electron chi connectivity index (χ2n) is 6.55. The maximum Gasteiger partial charge on any atom is 0.274 e. The van der Waals surface area contributed by atoms with E-state index in [1.807, 2.05) is 43.3 Å². The summed E-state index contributed by atoms with van der Waals surface area (Å²) in [4.78, 5) is 29.8. The third-order valence-corrected chi connectivity index (χ3v) is 4.53. The Bertz CT molecular complexity index is 1060. The van der Waals surface area contributed by atoms with Crippen molar-refractivity contribution in [2.75, 3.05) is 25.1 Å². The van der Waals surface area contributed by atoms with Crippen molar-refractivity contribution in [3.8, 4) is 11.1 Å². The van der Waals surface area contributed by atoms with E-state index in [1.54, 1.807) is 18.5 Å². The van der Waals surface area contributed by atoms with E-state index >= 15 is 0 Å². The number of aliphatic imine (C=N–C) groups is 1. The summed E-state index contributed by atoms with van der Waals surface area (Å²) < 4.78 is 11.0. The predicted molar refractivity (Wildman–Crippen MR) is 113 cm³/mol. The Balaban J connectivity index is 1.55. The first-order chi connectivity index (χ1) is 14.7. The normalized spacial score (nSPS) is 17.2. The summed E-state index contributed by atoms with van der Waals surface area (Å²) in [6.45, 7) is 3.29. The summed E-state index contributed by atoms with van der Waals surface area (Å²) in [5.74, 6) is -0.171. The Kier molecular flexibility index (Phi) is 6.17. The van der Waals surface area contributed by atoms with E-state index in [4.69, 9.17) is 9.47 Å². The number of benzene rings is 1. The zero-order valence-electron chi connectivity index (χ0n) is 16.5. The minimum absolute atomic E-state index is 0.197. The Morgan fingerprint density at radius 3 is 2.93 bits per heavy atom. The average molecular weight is 403 g/mol. The summed E-state index contributed by atoms with van der Waals surface area (Å²) in [5, 5.41) is 2.89. The van der Waals surface area contributed by atoms with E-state index in [2.05, 4.69) is 25.3 Å². The number of carbonyl (C=O) groups is 1. The number of anilines is 1. The molecule has 0 radical (unpaired) electrons. The van der Waals surface area contributed by atoms with E-state index in [-0.39, 0.29) is 23.7 Å². The third-order valence-electron chi connectivity index (χ3n) is 4.53. The van der Waals surface area contributed by atoms with Gasteiger partial charge in [0, 0.05) is 24.6 Å². The molecule has 1 aliphatic heterocycles. The van der Waals surface area contributed by atoms with Crippen molar-refractivity contribution in [1.82, 2.24) is 15.0 Å². The smallest absolute Gasteiger partial charge is 0.274 e. The highest BCUT2D eigenvalue weighted by Crippen LogP contribution is 2.27. The maximum absolute atomic E-state index is 12.8. The molecule has 152 valence electrons. The molecule has 3 heterocycles. The predicted octanol–water partition coefficient (Wildman–Crippen LogP) is 3.30. The lowest BCUT2D eigenvalue weighted by molar-refractivity contribution is 0.0666. The summed E-state index contributed by atoms with van der Waals surface area (Å²) >= 11 is 0. The number of carbonyl (C=O) groups excluding carboxylic acids is 1. The van der Waals surface area contributed by atoms with Crippen LogP contribution in [0.25, 0.3) is 11.1 Å². The fourth-order valence-corrected chi connectivity index (χ4v) is 3.12. The highest BCUT2D eigenvalue weighted by atomic mass is 16.5. The monoisotopic (exact) mass is 403 g/mol. The van der Waals surface area contributed by atoms with Crippen LogP contribution in [0, 0.1) is 0 Å². The van der Waals surface area contributed by atoms with Gasteiger partial charge in [0.1, 0.15) is 11.8 Å². The highest BCUT2D eigenvalue weighted by Gasteiger charge is 2.24. The number of hydrogen-bond acceptors (Lipinski definition) is 7. The van der Waals surface area contributed by atoms with Gasteiger partial charge in [-0.25, -0.2) is 15.0 Å². The van der Waals surface area contributed by atoms with Crippen LogP contribution in [0.3, 0.4) is 0 Å². The minimum Gasteiger partial charge on any atom is -0.372 e. The molecule has 8 nitrogen and oxygen atoms in total. The molecule has 8 heteroatoms. The number of aromatic nitrogens is 3. The van der Waals surface area contributed by atoms with Crippen LogP contribution in [0.15, 0.2) is 66.0 Å². The van der Waals surface area contributed by atoms with Crippen LogP contribution in [0.1, 0.15) is 17.4 Å². The van der Waals surface area contributed by atoms with Gasteiger partial charge in [0.25, 0.3) is 5.91 Å². The molecule has 4 rings (SSSR count). The zero-order chi connectivity index (χ0) is 20.8. The van der Waals surface area contributed by atoms with Crippen molar-refractivity contribution in [3.05, 3.63) is 66.7 Å². The van der Waals surface area contributed by atoms with Crippen LogP contribution in [0.4, 0.5) is 11.6 Å². The van der Waals surface area contributed by atoms with Crippen LogP contribution in [-0.2, 0) is 9.47 Å². The van der Waals surface area contributed by atoms with E-state index in [9.17, 15) is 4.79 Å². The van der Waals surface area contributed by atoms with Crippen molar-refractivity contribution in [3.63, 3.8) is 0 Å². The Hall–Kier alpha value is -3.49. The number of ether oxygens (including phenoxy) is 2. The van der Waals surface area contributed by atoms with Gasteiger partial charge in [-0.2, -0.15) is 0 Å². The fourth-order valence-electron chi connectivity index (χ4n) is 3.12. The van der Waals surface area contributed by atoms with Crippen molar-refractivity contribution in [2.24, 2.45) is 4.99 Å². The summed E-state index contributed by atoms with van der Waals surface area (Å²) in [6, 6.07) is 13.2. The molecule has 0 unspecified atom stereocenters. The van der Waals surface area contributed by atoms with Crippen LogP contribution < -0.4 is 5.32 Å². The van der Waals surface area contributed by atoms with Crippen LogP contribution >= 0.6 is 0 Å². The summed E-state index contributed by atoms with van der Waals surface area (Å²) in [7, 11) is 0. The molecule has 0 saturated carbocycles. The number of rotatable bonds is 6. The number of pyridine rings is 1. The molecule has 1 N–H and O–H groups in total. The fraction of sp³-hybridized carbons (Fsp3) is 0.227. The van der Waals surface area contributed by atoms with Crippen molar-refractivity contribution < 1.29 is 14.3 Å². The standard InChI is InChI=1S/C22H21N5O3/c1-2-30-20-14-29-13-19(20)27-22-24-11-9-17(26-22)21(28)25-18-12-23-10-8-16(18)15-6-4-3-5-7-15/h3-12,20H,2,13-14H2,1H3,(H,25,28)/t20-/m0/s1. The lowest BCUT2D eigenvalue weighted by Gasteiger charge is -2.11. The molecule has 1 aromatic carbocycles. The van der Waals surface area contributed by atoms with E-state index in [0.29, 0.717) is 31.2 Å². The quantitative estimate of drug-likeness (QED) is 0.678. The lowest BCUT2D eigenvalue weighted by atomic mass is 10.1. The molecule has 3 aromatic rings. The van der Waals surface area contributed by atoms with Gasteiger partial charge in [0.2, 0.25) is 5.95 Å². The van der Waals surface area contributed by atoms with Gasteiger partial charge in [-0.05, 0) is 24.6 Å².